The molecule has 2 aliphatic heterocycles. The van der Waals surface area contributed by atoms with Gasteiger partial charge in [0.2, 0.25) is 23.6 Å². The average molecular weight is 830 g/mol. The predicted molar refractivity (Wildman–Crippen MR) is 238 cm³/mol. The second-order valence-corrected chi connectivity index (χ2v) is 17.0. The number of anilines is 3. The van der Waals surface area contributed by atoms with Gasteiger partial charge in [-0.25, -0.2) is 4.79 Å². The Morgan fingerprint density at radius 2 is 1.15 bits per heavy atom. The highest BCUT2D eigenvalue weighted by Gasteiger charge is 2.45. The summed E-state index contributed by atoms with van der Waals surface area (Å²) in [5.74, 6) is -0.783. The van der Waals surface area contributed by atoms with Crippen LogP contribution in [0.2, 0.25) is 0 Å². The predicted octanol–water partition coefficient (Wildman–Crippen LogP) is 7.08. The van der Waals surface area contributed by atoms with Crippen LogP contribution in [0.5, 0.6) is 0 Å². The fourth-order valence-electron chi connectivity index (χ4n) is 8.39. The lowest BCUT2D eigenvalue weighted by atomic mass is 9.82. The van der Waals surface area contributed by atoms with E-state index in [1.807, 2.05) is 116 Å². The quantitative estimate of drug-likeness (QED) is 0.115. The molecule has 4 atom stereocenters. The Hall–Kier alpha value is -6.21. The molecule has 2 aliphatic rings. The maximum atomic E-state index is 13.8. The first-order valence-corrected chi connectivity index (χ1v) is 21.0. The van der Waals surface area contributed by atoms with Crippen LogP contribution in [-0.2, 0) is 32.3 Å². The van der Waals surface area contributed by atoms with Gasteiger partial charge in [0.05, 0.1) is 5.41 Å². The van der Waals surface area contributed by atoms with Gasteiger partial charge < -0.3 is 35.3 Å². The smallest absolute Gasteiger partial charge is 0.407 e. The molecule has 5 amide bonds. The normalized spacial score (nSPS) is 17.4. The van der Waals surface area contributed by atoms with Crippen molar-refractivity contribution >= 4 is 46.8 Å². The van der Waals surface area contributed by atoms with Crippen LogP contribution in [-0.4, -0.2) is 107 Å². The van der Waals surface area contributed by atoms with Gasteiger partial charge in [0, 0.05) is 56.3 Å². The molecule has 0 spiro atoms. The molecule has 2 saturated heterocycles. The Labute approximate surface area is 359 Å². The number of carboxylic acid groups (broad SMARTS) is 1. The lowest BCUT2D eigenvalue weighted by Crippen LogP contribution is -2.55. The van der Waals surface area contributed by atoms with Gasteiger partial charge >= 0.3 is 6.09 Å². The van der Waals surface area contributed by atoms with Crippen molar-refractivity contribution in [2.75, 3.05) is 49.8 Å². The van der Waals surface area contributed by atoms with E-state index in [1.165, 1.54) is 7.05 Å². The summed E-state index contributed by atoms with van der Waals surface area (Å²) < 4.78 is 0. The van der Waals surface area contributed by atoms with E-state index in [1.54, 1.807) is 30.6 Å². The van der Waals surface area contributed by atoms with Crippen molar-refractivity contribution in [2.45, 2.75) is 83.7 Å². The summed E-state index contributed by atoms with van der Waals surface area (Å²) in [6.07, 6.45) is 1.47. The molecule has 0 aliphatic carbocycles. The summed E-state index contributed by atoms with van der Waals surface area (Å²) >= 11 is 0. The largest absolute Gasteiger partial charge is 0.465 e. The molecule has 2 fully saturated rings. The molecule has 13 heteroatoms. The third-order valence-electron chi connectivity index (χ3n) is 12.3. The molecular weight excluding hydrogens is 771 g/mol. The summed E-state index contributed by atoms with van der Waals surface area (Å²) in [5.41, 5.74) is 4.26. The molecule has 0 saturated carbocycles. The van der Waals surface area contributed by atoms with E-state index in [0.717, 1.165) is 33.7 Å². The van der Waals surface area contributed by atoms with Gasteiger partial charge in [-0.2, -0.15) is 0 Å². The van der Waals surface area contributed by atoms with Crippen LogP contribution in [0.3, 0.4) is 0 Å². The van der Waals surface area contributed by atoms with Crippen LogP contribution in [0.4, 0.5) is 21.9 Å². The van der Waals surface area contributed by atoms with Crippen LogP contribution >= 0.6 is 0 Å². The molecule has 61 heavy (non-hydrogen) atoms. The first-order chi connectivity index (χ1) is 29.1. The number of hydrogen-bond donors (Lipinski definition) is 3. The van der Waals surface area contributed by atoms with Crippen LogP contribution in [0.1, 0.15) is 69.2 Å². The molecule has 4 aromatic rings. The second kappa shape index (κ2) is 19.4. The van der Waals surface area contributed by atoms with E-state index in [0.29, 0.717) is 56.8 Å². The average Bonchev–Trinajstić information content (AvgIpc) is 3.96. The number of nitrogens with one attached hydrogen (secondary N) is 2. The van der Waals surface area contributed by atoms with Crippen molar-refractivity contribution in [1.29, 1.82) is 0 Å². The first kappa shape index (κ1) is 44.3. The Morgan fingerprint density at radius 1 is 0.689 bits per heavy atom. The van der Waals surface area contributed by atoms with E-state index in [4.69, 9.17) is 0 Å². The summed E-state index contributed by atoms with van der Waals surface area (Å²) in [6, 6.07) is 33.0. The van der Waals surface area contributed by atoms with Crippen molar-refractivity contribution in [2.24, 2.45) is 5.41 Å². The Morgan fingerprint density at radius 3 is 1.62 bits per heavy atom. The van der Waals surface area contributed by atoms with Crippen molar-refractivity contribution in [3.63, 3.8) is 0 Å². The number of hydrogen-bond acceptors (Lipinski definition) is 7. The number of likely N-dealkylation sites (tertiary alicyclic amines) is 2. The van der Waals surface area contributed by atoms with Crippen molar-refractivity contribution in [3.8, 4) is 0 Å². The lowest BCUT2D eigenvalue weighted by molar-refractivity contribution is -0.146. The van der Waals surface area contributed by atoms with Crippen molar-refractivity contribution < 1.29 is 29.1 Å². The Balaban J connectivity index is 1.07. The molecule has 0 bridgehead atoms. The van der Waals surface area contributed by atoms with Crippen LogP contribution in [0.15, 0.2) is 109 Å². The van der Waals surface area contributed by atoms with Crippen LogP contribution in [0.25, 0.3) is 0 Å². The van der Waals surface area contributed by atoms with E-state index < -0.39 is 35.7 Å². The molecule has 0 aromatic heterocycles. The van der Waals surface area contributed by atoms with Crippen LogP contribution < -0.4 is 15.5 Å². The zero-order chi connectivity index (χ0) is 43.8. The molecule has 2 heterocycles. The number of likely N-dealkylation sites (N-methyl/N-ethyl adjacent to an activating group) is 1. The van der Waals surface area contributed by atoms with Gasteiger partial charge in [0.25, 0.3) is 0 Å². The van der Waals surface area contributed by atoms with Crippen molar-refractivity contribution in [3.05, 3.63) is 126 Å². The molecule has 3 N–H and O–H groups in total. The fraction of sp³-hybridized carbons (Fsp3) is 0.396. The summed E-state index contributed by atoms with van der Waals surface area (Å²) in [7, 11) is 5.21. The van der Waals surface area contributed by atoms with Gasteiger partial charge in [0.1, 0.15) is 18.1 Å². The van der Waals surface area contributed by atoms with Gasteiger partial charge in [-0.3, -0.25) is 24.1 Å². The number of rotatable bonds is 15. The molecule has 6 rings (SSSR count). The monoisotopic (exact) mass is 829 g/mol. The molecule has 13 nitrogen and oxygen atoms in total. The van der Waals surface area contributed by atoms with Gasteiger partial charge in [-0.05, 0) is 114 Å². The molecule has 4 aromatic carbocycles. The Bertz CT molecular complexity index is 2150. The number of carbonyl (C=O) groups excluding carboxylic acids is 4. The summed E-state index contributed by atoms with van der Waals surface area (Å²) in [4.78, 5) is 74.9. The third-order valence-corrected chi connectivity index (χ3v) is 12.3. The van der Waals surface area contributed by atoms with Crippen LogP contribution in [0, 0.1) is 5.41 Å². The Kier molecular flexibility index (Phi) is 14.1. The third kappa shape index (κ3) is 10.4. The number of nitrogens with zero attached hydrogens (tertiary/aromatic N) is 5. The fourth-order valence-corrected chi connectivity index (χ4v) is 8.39. The molecule has 0 unspecified atom stereocenters. The minimum atomic E-state index is -1.11. The highest BCUT2D eigenvalue weighted by Crippen LogP contribution is 2.32. The van der Waals surface area contributed by atoms with E-state index in [2.05, 4.69) is 27.7 Å². The minimum absolute atomic E-state index is 0.0756. The highest BCUT2D eigenvalue weighted by atomic mass is 16.4. The number of amides is 5. The maximum Gasteiger partial charge on any atom is 0.407 e. The van der Waals surface area contributed by atoms with Gasteiger partial charge in [-0.1, -0.05) is 72.8 Å². The minimum Gasteiger partial charge on any atom is -0.465 e. The molecule has 0 radical (unpaired) electrons. The molecular formula is C48H59N7O6. The number of benzene rings is 4. The number of para-hydroxylation sites is 1. The maximum absolute atomic E-state index is 13.8. The molecule has 322 valence electrons. The van der Waals surface area contributed by atoms with Crippen molar-refractivity contribution in [1.82, 2.24) is 19.6 Å². The van der Waals surface area contributed by atoms with Gasteiger partial charge in [-0.15, -0.1) is 0 Å². The first-order valence-electron chi connectivity index (χ1n) is 21.0. The van der Waals surface area contributed by atoms with E-state index >= 15 is 0 Å². The highest BCUT2D eigenvalue weighted by molar-refractivity contribution is 5.99. The lowest BCUT2D eigenvalue weighted by Gasteiger charge is -2.39. The van der Waals surface area contributed by atoms with Gasteiger partial charge in [0.15, 0.2) is 0 Å². The zero-order valence-electron chi connectivity index (χ0n) is 36.1. The second-order valence-electron chi connectivity index (χ2n) is 17.0. The zero-order valence-corrected chi connectivity index (χ0v) is 36.1. The number of carbonyl (C=O) groups is 5. The summed E-state index contributed by atoms with van der Waals surface area (Å²) in [6.45, 7) is 7.31. The SMILES string of the molecule is C[C@H](N(C)C(=O)O)C(C)(C)C(=O)N1CCC[C@H]1C(=O)Nc1ccc(CN(Cc2ccc(NC(=O)[C@@H]3CCCN3C(=O)[C@@H](c3ccccc3)N(C)C)cc2)c2ccccc2)cc1. The van der Waals surface area contributed by atoms with E-state index in [9.17, 15) is 29.1 Å². The summed E-state index contributed by atoms with van der Waals surface area (Å²) in [5, 5.41) is 15.6. The van der Waals surface area contributed by atoms with E-state index in [-0.39, 0.29) is 23.6 Å². The topological polar surface area (TPSA) is 146 Å². The standard InChI is InChI=1S/C48H59N7O6/c1-33(52(6)47(60)61)48(2,3)46(59)55-30-14-20-41(55)44(57)50-38-27-23-35(24-28-38)32-53(39-17-11-8-12-18-39)31-34-21-25-37(26-22-34)49-43(56)40-19-13-29-54(40)45(58)42(51(4)5)36-15-9-7-10-16-36/h7-12,15-18,21-28,33,40-42H,13-14,19-20,29-32H2,1-6H3,(H,49,56)(H,50,57)(H,60,61)/t33-,40-,41-,42+/m0/s1.